The molecule has 0 saturated heterocycles. The summed E-state index contributed by atoms with van der Waals surface area (Å²) in [5, 5.41) is 2.91. The smallest absolute Gasteiger partial charge is 0.270 e. The number of nitrogens with zero attached hydrogens (tertiary/aromatic N) is 3. The Morgan fingerprint density at radius 1 is 1.12 bits per heavy atom. The fourth-order valence-electron chi connectivity index (χ4n) is 3.63. The Balaban J connectivity index is 1.48. The summed E-state index contributed by atoms with van der Waals surface area (Å²) in [6.45, 7) is 5.04. The highest BCUT2D eigenvalue weighted by atomic mass is 16.5. The normalized spacial score (nSPS) is 10.7. The minimum absolute atomic E-state index is 0.241. The third kappa shape index (κ3) is 5.20. The maximum absolute atomic E-state index is 12.4. The Hall–Kier alpha value is -4.13. The number of carbonyl (C=O) groups excluding carboxylic acids is 1. The van der Waals surface area contributed by atoms with Crippen molar-refractivity contribution < 1.29 is 14.3 Å². The minimum atomic E-state index is -0.241. The zero-order valence-corrected chi connectivity index (χ0v) is 18.5. The second kappa shape index (κ2) is 10.5. The van der Waals surface area contributed by atoms with Gasteiger partial charge in [-0.25, -0.2) is 4.98 Å². The number of hydrogen-bond acceptors (Lipinski definition) is 5. The van der Waals surface area contributed by atoms with E-state index in [0.29, 0.717) is 30.3 Å². The minimum Gasteiger partial charge on any atom is -0.493 e. The van der Waals surface area contributed by atoms with Crippen molar-refractivity contribution in [1.29, 1.82) is 0 Å². The first-order valence-electron chi connectivity index (χ1n) is 10.7. The molecule has 0 aliphatic rings. The van der Waals surface area contributed by atoms with Crippen molar-refractivity contribution in [2.45, 2.75) is 19.5 Å². The molecule has 2 heterocycles. The monoisotopic (exact) mass is 442 g/mol. The predicted octanol–water partition coefficient (Wildman–Crippen LogP) is 4.18. The molecular formula is C26H26N4O3. The van der Waals surface area contributed by atoms with Crippen LogP contribution in [0.5, 0.6) is 11.5 Å². The van der Waals surface area contributed by atoms with Gasteiger partial charge in [0.2, 0.25) is 0 Å². The van der Waals surface area contributed by atoms with Gasteiger partial charge in [0, 0.05) is 6.20 Å². The molecule has 0 saturated carbocycles. The first-order valence-corrected chi connectivity index (χ1v) is 10.7. The lowest BCUT2D eigenvalue weighted by molar-refractivity contribution is 0.0944. The topological polar surface area (TPSA) is 78.3 Å². The summed E-state index contributed by atoms with van der Waals surface area (Å²) >= 11 is 0. The quantitative estimate of drug-likeness (QED) is 0.373. The number of carbonyl (C=O) groups is 1. The lowest BCUT2D eigenvalue weighted by atomic mass is 10.1. The van der Waals surface area contributed by atoms with Gasteiger partial charge in [-0.1, -0.05) is 30.3 Å². The SMILES string of the molecule is C=CCc1ccc(OCCn2c(CNC(=O)c3ccccn3)nc3ccccc32)c(OC)c1. The molecule has 4 rings (SSSR count). The number of nitrogens with one attached hydrogen (secondary N) is 1. The molecule has 0 spiro atoms. The fraction of sp³-hybridized carbons (Fsp3) is 0.192. The fourth-order valence-corrected chi connectivity index (χ4v) is 3.63. The van der Waals surface area contributed by atoms with Crippen LogP contribution in [0.4, 0.5) is 0 Å². The van der Waals surface area contributed by atoms with Gasteiger partial charge in [0.05, 0.1) is 31.2 Å². The number of ether oxygens (including phenoxy) is 2. The van der Waals surface area contributed by atoms with Gasteiger partial charge in [-0.3, -0.25) is 9.78 Å². The zero-order valence-electron chi connectivity index (χ0n) is 18.5. The first-order chi connectivity index (χ1) is 16.2. The lowest BCUT2D eigenvalue weighted by Gasteiger charge is -2.14. The summed E-state index contributed by atoms with van der Waals surface area (Å²) in [6, 6.07) is 19.0. The van der Waals surface area contributed by atoms with Crippen LogP contribution in [-0.4, -0.2) is 34.2 Å². The van der Waals surface area contributed by atoms with Crippen molar-refractivity contribution in [1.82, 2.24) is 19.9 Å². The van der Waals surface area contributed by atoms with E-state index >= 15 is 0 Å². The van der Waals surface area contributed by atoms with Crippen molar-refractivity contribution in [3.63, 3.8) is 0 Å². The number of imidazole rings is 1. The average Bonchev–Trinajstić information content (AvgIpc) is 3.21. The second-order valence-electron chi connectivity index (χ2n) is 7.39. The molecule has 0 unspecified atom stereocenters. The number of para-hydroxylation sites is 2. The van der Waals surface area contributed by atoms with Crippen LogP contribution in [0.25, 0.3) is 11.0 Å². The molecule has 0 radical (unpaired) electrons. The van der Waals surface area contributed by atoms with Crippen LogP contribution >= 0.6 is 0 Å². The van der Waals surface area contributed by atoms with Crippen LogP contribution < -0.4 is 14.8 Å². The number of rotatable bonds is 10. The third-order valence-electron chi connectivity index (χ3n) is 5.22. The standard InChI is InChI=1S/C26H26N4O3/c1-3-8-19-12-13-23(24(17-19)32-2)33-16-15-30-22-11-5-4-9-20(22)29-25(30)18-28-26(31)21-10-6-7-14-27-21/h3-7,9-14,17H,1,8,15-16,18H2,2H3,(H,28,31). The van der Waals surface area contributed by atoms with E-state index in [1.54, 1.807) is 31.5 Å². The summed E-state index contributed by atoms with van der Waals surface area (Å²) in [6.07, 6.45) is 4.22. The molecule has 1 N–H and O–H groups in total. The van der Waals surface area contributed by atoms with Crippen molar-refractivity contribution >= 4 is 16.9 Å². The Labute approximate surface area is 192 Å². The maximum Gasteiger partial charge on any atom is 0.270 e. The van der Waals surface area contributed by atoms with Crippen molar-refractivity contribution in [2.24, 2.45) is 0 Å². The highest BCUT2D eigenvalue weighted by molar-refractivity contribution is 5.92. The van der Waals surface area contributed by atoms with Crippen LogP contribution in [0, 0.1) is 0 Å². The van der Waals surface area contributed by atoms with Crippen LogP contribution in [0.2, 0.25) is 0 Å². The number of fused-ring (bicyclic) bond motifs is 1. The molecule has 2 aromatic heterocycles. The number of methoxy groups -OCH3 is 1. The van der Waals surface area contributed by atoms with E-state index in [1.807, 2.05) is 48.5 Å². The molecule has 4 aromatic rings. The van der Waals surface area contributed by atoms with Crippen molar-refractivity contribution in [3.8, 4) is 11.5 Å². The second-order valence-corrected chi connectivity index (χ2v) is 7.39. The van der Waals surface area contributed by atoms with E-state index in [2.05, 4.69) is 21.4 Å². The third-order valence-corrected chi connectivity index (χ3v) is 5.22. The molecule has 0 aliphatic heterocycles. The number of pyridine rings is 1. The Morgan fingerprint density at radius 2 is 1.97 bits per heavy atom. The van der Waals surface area contributed by atoms with Gasteiger partial charge in [-0.05, 0) is 48.4 Å². The molecule has 2 aromatic carbocycles. The lowest BCUT2D eigenvalue weighted by Crippen LogP contribution is -2.26. The molecule has 0 atom stereocenters. The van der Waals surface area contributed by atoms with E-state index in [-0.39, 0.29) is 12.5 Å². The number of allylic oxidation sites excluding steroid dienone is 1. The van der Waals surface area contributed by atoms with Gasteiger partial charge in [-0.2, -0.15) is 0 Å². The summed E-state index contributed by atoms with van der Waals surface area (Å²) in [4.78, 5) is 21.2. The number of hydrogen-bond donors (Lipinski definition) is 1. The Kier molecular flexibility index (Phi) is 6.99. The predicted molar refractivity (Wildman–Crippen MR) is 128 cm³/mol. The van der Waals surface area contributed by atoms with E-state index in [9.17, 15) is 4.79 Å². The molecule has 0 bridgehead atoms. The van der Waals surface area contributed by atoms with Gasteiger partial charge in [-0.15, -0.1) is 6.58 Å². The Morgan fingerprint density at radius 3 is 2.76 bits per heavy atom. The van der Waals surface area contributed by atoms with E-state index in [0.717, 1.165) is 28.8 Å². The number of benzene rings is 2. The average molecular weight is 443 g/mol. The van der Waals surface area contributed by atoms with Gasteiger partial charge >= 0.3 is 0 Å². The largest absolute Gasteiger partial charge is 0.493 e. The highest BCUT2D eigenvalue weighted by Gasteiger charge is 2.13. The van der Waals surface area contributed by atoms with Crippen LogP contribution in [-0.2, 0) is 19.5 Å². The molecule has 33 heavy (non-hydrogen) atoms. The summed E-state index contributed by atoms with van der Waals surface area (Å²) < 4.78 is 13.6. The summed E-state index contributed by atoms with van der Waals surface area (Å²) in [5.41, 5.74) is 3.33. The summed E-state index contributed by atoms with van der Waals surface area (Å²) in [5.74, 6) is 1.87. The molecule has 7 nitrogen and oxygen atoms in total. The zero-order chi connectivity index (χ0) is 23.0. The number of aromatic nitrogens is 3. The van der Waals surface area contributed by atoms with Gasteiger partial charge in [0.1, 0.15) is 18.1 Å². The molecule has 1 amide bonds. The number of amides is 1. The van der Waals surface area contributed by atoms with E-state index in [1.165, 1.54) is 0 Å². The highest BCUT2D eigenvalue weighted by Crippen LogP contribution is 2.28. The van der Waals surface area contributed by atoms with Crippen LogP contribution in [0.1, 0.15) is 21.9 Å². The van der Waals surface area contributed by atoms with Crippen LogP contribution in [0.3, 0.4) is 0 Å². The van der Waals surface area contributed by atoms with Gasteiger partial charge in [0.25, 0.3) is 5.91 Å². The van der Waals surface area contributed by atoms with E-state index in [4.69, 9.17) is 14.5 Å². The van der Waals surface area contributed by atoms with Crippen LogP contribution in [0.15, 0.2) is 79.5 Å². The maximum atomic E-state index is 12.4. The molecule has 0 fully saturated rings. The van der Waals surface area contributed by atoms with Gasteiger partial charge < -0.3 is 19.4 Å². The molecular weight excluding hydrogens is 416 g/mol. The molecule has 0 aliphatic carbocycles. The van der Waals surface area contributed by atoms with Crippen molar-refractivity contribution in [2.75, 3.05) is 13.7 Å². The summed E-state index contributed by atoms with van der Waals surface area (Å²) in [7, 11) is 1.63. The first kappa shape index (κ1) is 22.1. The Bertz CT molecular complexity index is 1250. The van der Waals surface area contributed by atoms with Crippen molar-refractivity contribution in [3.05, 3.63) is 96.6 Å². The van der Waals surface area contributed by atoms with Gasteiger partial charge in [0.15, 0.2) is 11.5 Å². The molecule has 7 heteroatoms. The molecule has 168 valence electrons. The van der Waals surface area contributed by atoms with E-state index < -0.39 is 0 Å².